The van der Waals surface area contributed by atoms with Gasteiger partial charge in [0.2, 0.25) is 0 Å². The van der Waals surface area contributed by atoms with E-state index in [-0.39, 0.29) is 11.9 Å². The number of hydrogen-bond acceptors (Lipinski definition) is 3. The number of hydrogen-bond donors (Lipinski definition) is 2. The van der Waals surface area contributed by atoms with E-state index in [4.69, 9.17) is 5.73 Å². The van der Waals surface area contributed by atoms with E-state index in [1.165, 1.54) is 18.4 Å². The first kappa shape index (κ1) is 17.1. The number of anilines is 1. The van der Waals surface area contributed by atoms with Crippen molar-refractivity contribution < 1.29 is 4.79 Å². The van der Waals surface area contributed by atoms with E-state index < -0.39 is 0 Å². The second-order valence-corrected chi connectivity index (χ2v) is 7.76. The zero-order valence-corrected chi connectivity index (χ0v) is 15.3. The van der Waals surface area contributed by atoms with Gasteiger partial charge in [0.25, 0.3) is 5.91 Å². The molecule has 4 nitrogen and oxygen atoms in total. The predicted octanol–water partition coefficient (Wildman–Crippen LogP) is 3.50. The van der Waals surface area contributed by atoms with Gasteiger partial charge in [0.05, 0.1) is 0 Å². The first-order valence-corrected chi connectivity index (χ1v) is 9.57. The van der Waals surface area contributed by atoms with Gasteiger partial charge in [-0.15, -0.1) is 0 Å². The average Bonchev–Trinajstić information content (AvgIpc) is 2.87. The Morgan fingerprint density at radius 3 is 2.50 bits per heavy atom. The number of benzene rings is 2. The molecule has 0 aliphatic carbocycles. The third kappa shape index (κ3) is 3.47. The van der Waals surface area contributed by atoms with E-state index >= 15 is 0 Å². The van der Waals surface area contributed by atoms with Gasteiger partial charge in [-0.1, -0.05) is 36.4 Å². The van der Waals surface area contributed by atoms with Crippen LogP contribution in [0.1, 0.15) is 47.2 Å². The molecule has 2 unspecified atom stereocenters. The molecule has 4 heteroatoms. The third-order valence-electron chi connectivity index (χ3n) is 5.93. The summed E-state index contributed by atoms with van der Waals surface area (Å²) in [6.45, 7) is 2.98. The van der Waals surface area contributed by atoms with Crippen molar-refractivity contribution in [1.29, 1.82) is 0 Å². The standard InChI is InChI=1S/C22H27N3O/c1-15-7-8-17(23)11-21(15)22(26)24-18-12-19-9-10-20(13-18)25(19)14-16-5-3-2-4-6-16/h2-8,11,18-20H,9-10,12-14,23H2,1H3,(H,24,26). The number of nitrogen functional groups attached to an aromatic ring is 1. The molecular formula is C22H27N3O. The predicted molar refractivity (Wildman–Crippen MR) is 105 cm³/mol. The first-order chi connectivity index (χ1) is 12.6. The molecule has 1 amide bonds. The molecule has 2 bridgehead atoms. The van der Waals surface area contributed by atoms with Crippen LogP contribution in [-0.4, -0.2) is 28.9 Å². The second-order valence-electron chi connectivity index (χ2n) is 7.76. The Kier molecular flexibility index (Phi) is 4.68. The molecule has 2 atom stereocenters. The molecule has 2 aromatic carbocycles. The summed E-state index contributed by atoms with van der Waals surface area (Å²) in [6.07, 6.45) is 4.55. The lowest BCUT2D eigenvalue weighted by atomic mass is 9.96. The highest BCUT2D eigenvalue weighted by molar-refractivity contribution is 5.96. The van der Waals surface area contributed by atoms with Crippen molar-refractivity contribution in [3.8, 4) is 0 Å². The highest BCUT2D eigenvalue weighted by atomic mass is 16.1. The van der Waals surface area contributed by atoms with E-state index in [0.717, 1.165) is 24.9 Å². The molecule has 0 spiro atoms. The molecule has 4 rings (SSSR count). The summed E-state index contributed by atoms with van der Waals surface area (Å²) in [6, 6.07) is 17.6. The van der Waals surface area contributed by atoms with Crippen LogP contribution in [0.15, 0.2) is 48.5 Å². The smallest absolute Gasteiger partial charge is 0.251 e. The number of piperidine rings is 1. The summed E-state index contributed by atoms with van der Waals surface area (Å²) in [5.74, 6) is 0.00992. The summed E-state index contributed by atoms with van der Waals surface area (Å²) >= 11 is 0. The Hall–Kier alpha value is -2.33. The summed E-state index contributed by atoms with van der Waals surface area (Å²) in [5.41, 5.74) is 9.54. The molecule has 2 aromatic rings. The van der Waals surface area contributed by atoms with Crippen LogP contribution in [0, 0.1) is 6.92 Å². The fourth-order valence-electron chi connectivity index (χ4n) is 4.59. The van der Waals surface area contributed by atoms with Gasteiger partial charge < -0.3 is 11.1 Å². The minimum absolute atomic E-state index is 0.00992. The van der Waals surface area contributed by atoms with Gasteiger partial charge in [0.15, 0.2) is 0 Å². The molecule has 2 saturated heterocycles. The Bertz CT molecular complexity index is 775. The number of rotatable bonds is 4. The molecule has 2 aliphatic rings. The molecular weight excluding hydrogens is 322 g/mol. The summed E-state index contributed by atoms with van der Waals surface area (Å²) < 4.78 is 0. The fourth-order valence-corrected chi connectivity index (χ4v) is 4.59. The number of nitrogens with zero attached hydrogens (tertiary/aromatic N) is 1. The molecule has 0 aromatic heterocycles. The monoisotopic (exact) mass is 349 g/mol. The number of amides is 1. The molecule has 2 fully saturated rings. The largest absolute Gasteiger partial charge is 0.399 e. The number of nitrogens with one attached hydrogen (secondary N) is 1. The lowest BCUT2D eigenvalue weighted by Crippen LogP contribution is -2.50. The quantitative estimate of drug-likeness (QED) is 0.831. The van der Waals surface area contributed by atoms with Crippen LogP contribution >= 0.6 is 0 Å². The Morgan fingerprint density at radius 2 is 1.81 bits per heavy atom. The van der Waals surface area contributed by atoms with Crippen LogP contribution in [-0.2, 0) is 6.54 Å². The number of nitrogens with two attached hydrogens (primary N) is 1. The molecule has 26 heavy (non-hydrogen) atoms. The summed E-state index contributed by atoms with van der Waals surface area (Å²) in [4.78, 5) is 15.4. The molecule has 0 saturated carbocycles. The van der Waals surface area contributed by atoms with Gasteiger partial charge >= 0.3 is 0 Å². The Morgan fingerprint density at radius 1 is 1.12 bits per heavy atom. The lowest BCUT2D eigenvalue weighted by molar-refractivity contribution is 0.0827. The van der Waals surface area contributed by atoms with E-state index in [1.54, 1.807) is 6.07 Å². The molecule has 0 radical (unpaired) electrons. The van der Waals surface area contributed by atoms with Crippen molar-refractivity contribution in [1.82, 2.24) is 10.2 Å². The number of aryl methyl sites for hydroxylation is 1. The maximum absolute atomic E-state index is 12.7. The van der Waals surface area contributed by atoms with Crippen molar-refractivity contribution in [2.24, 2.45) is 0 Å². The fraction of sp³-hybridized carbons (Fsp3) is 0.409. The van der Waals surface area contributed by atoms with E-state index in [0.29, 0.717) is 23.3 Å². The van der Waals surface area contributed by atoms with Crippen LogP contribution in [0.3, 0.4) is 0 Å². The summed E-state index contributed by atoms with van der Waals surface area (Å²) in [5, 5.41) is 3.27. The van der Waals surface area contributed by atoms with Crippen molar-refractivity contribution in [3.05, 3.63) is 65.2 Å². The van der Waals surface area contributed by atoms with Crippen LogP contribution in [0.25, 0.3) is 0 Å². The molecule has 136 valence electrons. The van der Waals surface area contributed by atoms with Crippen molar-refractivity contribution in [3.63, 3.8) is 0 Å². The van der Waals surface area contributed by atoms with Gasteiger partial charge in [-0.25, -0.2) is 0 Å². The highest BCUT2D eigenvalue weighted by Gasteiger charge is 2.40. The molecule has 3 N–H and O–H groups in total. The number of fused-ring (bicyclic) bond motifs is 2. The Balaban J connectivity index is 1.41. The van der Waals surface area contributed by atoms with Crippen LogP contribution in [0.4, 0.5) is 5.69 Å². The van der Waals surface area contributed by atoms with E-state index in [1.807, 2.05) is 19.1 Å². The van der Waals surface area contributed by atoms with E-state index in [2.05, 4.69) is 40.5 Å². The first-order valence-electron chi connectivity index (χ1n) is 9.57. The minimum Gasteiger partial charge on any atom is -0.399 e. The lowest BCUT2D eigenvalue weighted by Gasteiger charge is -2.39. The topological polar surface area (TPSA) is 58.4 Å². The van der Waals surface area contributed by atoms with Gasteiger partial charge in [-0.2, -0.15) is 0 Å². The van der Waals surface area contributed by atoms with Gasteiger partial charge in [-0.05, 0) is 55.9 Å². The van der Waals surface area contributed by atoms with Crippen molar-refractivity contribution in [2.45, 2.75) is 57.3 Å². The number of carbonyl (C=O) groups is 1. The maximum Gasteiger partial charge on any atom is 0.251 e. The zero-order chi connectivity index (χ0) is 18.1. The maximum atomic E-state index is 12.7. The van der Waals surface area contributed by atoms with Crippen molar-refractivity contribution in [2.75, 3.05) is 5.73 Å². The van der Waals surface area contributed by atoms with Crippen LogP contribution < -0.4 is 11.1 Å². The molecule has 2 aliphatic heterocycles. The van der Waals surface area contributed by atoms with Gasteiger partial charge in [-0.3, -0.25) is 9.69 Å². The van der Waals surface area contributed by atoms with Crippen LogP contribution in [0.2, 0.25) is 0 Å². The third-order valence-corrected chi connectivity index (χ3v) is 5.93. The van der Waals surface area contributed by atoms with E-state index in [9.17, 15) is 4.79 Å². The number of carbonyl (C=O) groups excluding carboxylic acids is 1. The van der Waals surface area contributed by atoms with Gasteiger partial charge in [0.1, 0.15) is 0 Å². The highest BCUT2D eigenvalue weighted by Crippen LogP contribution is 2.37. The van der Waals surface area contributed by atoms with Crippen molar-refractivity contribution >= 4 is 11.6 Å². The normalized spacial score (nSPS) is 25.2. The molecule has 2 heterocycles. The second kappa shape index (κ2) is 7.12. The van der Waals surface area contributed by atoms with Gasteiger partial charge in [0, 0.05) is 35.9 Å². The summed E-state index contributed by atoms with van der Waals surface area (Å²) in [7, 11) is 0. The van der Waals surface area contributed by atoms with Crippen LogP contribution in [0.5, 0.6) is 0 Å². The SMILES string of the molecule is Cc1ccc(N)cc1C(=O)NC1CC2CCC(C1)N2Cc1ccccc1. The Labute approximate surface area is 155 Å². The minimum atomic E-state index is 0.00992. The zero-order valence-electron chi connectivity index (χ0n) is 15.3. The average molecular weight is 349 g/mol.